The number of anilines is 1. The van der Waals surface area contributed by atoms with Gasteiger partial charge in [0.1, 0.15) is 6.07 Å². The molecule has 106 valence electrons. The van der Waals surface area contributed by atoms with Crippen molar-refractivity contribution in [2.75, 3.05) is 25.0 Å². The van der Waals surface area contributed by atoms with Crippen molar-refractivity contribution in [3.05, 3.63) is 29.8 Å². The van der Waals surface area contributed by atoms with Gasteiger partial charge in [-0.3, -0.25) is 4.79 Å². The molecule has 0 saturated carbocycles. The van der Waals surface area contributed by atoms with Crippen LogP contribution in [0.5, 0.6) is 0 Å². The molecule has 1 heterocycles. The van der Waals surface area contributed by atoms with E-state index in [-0.39, 0.29) is 5.91 Å². The molecule has 4 heteroatoms. The van der Waals surface area contributed by atoms with Crippen molar-refractivity contribution in [1.82, 2.24) is 0 Å². The molecule has 0 bridgehead atoms. The Morgan fingerprint density at radius 1 is 1.35 bits per heavy atom. The number of nitriles is 1. The molecular formula is C16H22N3O+. The molecule has 0 unspecified atom stereocenters. The Hall–Kier alpha value is -1.86. The van der Waals surface area contributed by atoms with Gasteiger partial charge in [0, 0.05) is 11.8 Å². The number of nitrogens with zero attached hydrogens (tertiary/aromatic N) is 1. The third-order valence-electron chi connectivity index (χ3n) is 3.81. The highest BCUT2D eigenvalue weighted by molar-refractivity contribution is 5.92. The maximum Gasteiger partial charge on any atom is 0.279 e. The molecule has 2 N–H and O–H groups in total. The predicted molar refractivity (Wildman–Crippen MR) is 78.3 cm³/mol. The molecule has 0 spiro atoms. The number of hydrogen-bond donors (Lipinski definition) is 2. The van der Waals surface area contributed by atoms with E-state index in [0.29, 0.717) is 29.6 Å². The molecule has 0 aromatic heterocycles. The zero-order valence-electron chi connectivity index (χ0n) is 12.1. The third-order valence-corrected chi connectivity index (χ3v) is 3.81. The molecule has 0 radical (unpaired) electrons. The summed E-state index contributed by atoms with van der Waals surface area (Å²) in [6.45, 7) is 7.08. The van der Waals surface area contributed by atoms with Crippen LogP contribution in [0.25, 0.3) is 0 Å². The lowest BCUT2D eigenvalue weighted by molar-refractivity contribution is -0.904. The first-order valence-corrected chi connectivity index (χ1v) is 7.21. The number of quaternary nitrogens is 1. The summed E-state index contributed by atoms with van der Waals surface area (Å²) < 4.78 is 0. The van der Waals surface area contributed by atoms with Gasteiger partial charge in [0.15, 0.2) is 6.54 Å². The van der Waals surface area contributed by atoms with Crippen LogP contribution in [0.3, 0.4) is 0 Å². The number of benzene rings is 1. The highest BCUT2D eigenvalue weighted by Crippen LogP contribution is 2.14. The van der Waals surface area contributed by atoms with Crippen molar-refractivity contribution in [2.24, 2.45) is 11.8 Å². The second-order valence-electron chi connectivity index (χ2n) is 5.99. The minimum atomic E-state index is -0.0102. The number of likely N-dealkylation sites (tertiary alicyclic amines) is 1. The van der Waals surface area contributed by atoms with Crippen molar-refractivity contribution in [3.8, 4) is 6.07 Å². The van der Waals surface area contributed by atoms with E-state index in [4.69, 9.17) is 5.26 Å². The fourth-order valence-electron chi connectivity index (χ4n) is 3.18. The smallest absolute Gasteiger partial charge is 0.279 e. The van der Waals surface area contributed by atoms with Crippen LogP contribution in [0.1, 0.15) is 25.8 Å². The molecule has 1 aromatic rings. The van der Waals surface area contributed by atoms with Crippen molar-refractivity contribution in [2.45, 2.75) is 20.3 Å². The Kier molecular flexibility index (Phi) is 4.75. The molecular weight excluding hydrogens is 250 g/mol. The fraction of sp³-hybridized carbons (Fsp3) is 0.500. The van der Waals surface area contributed by atoms with E-state index >= 15 is 0 Å². The first-order valence-electron chi connectivity index (χ1n) is 7.21. The van der Waals surface area contributed by atoms with Gasteiger partial charge in [0.2, 0.25) is 0 Å². The van der Waals surface area contributed by atoms with Crippen LogP contribution in [0.4, 0.5) is 5.69 Å². The fourth-order valence-corrected chi connectivity index (χ4v) is 3.18. The van der Waals surface area contributed by atoms with Gasteiger partial charge in [0.05, 0.1) is 24.3 Å². The quantitative estimate of drug-likeness (QED) is 0.864. The molecule has 2 atom stereocenters. The topological polar surface area (TPSA) is 57.3 Å². The summed E-state index contributed by atoms with van der Waals surface area (Å²) in [4.78, 5) is 13.5. The largest absolute Gasteiger partial charge is 0.327 e. The molecule has 2 rings (SSSR count). The third kappa shape index (κ3) is 3.82. The number of carbonyl (C=O) groups excluding carboxylic acids is 1. The average molecular weight is 272 g/mol. The zero-order chi connectivity index (χ0) is 14.5. The highest BCUT2D eigenvalue weighted by atomic mass is 16.2. The molecule has 1 fully saturated rings. The molecule has 1 aliphatic rings. The van der Waals surface area contributed by atoms with Crippen molar-refractivity contribution >= 4 is 11.6 Å². The number of nitrogens with one attached hydrogen (secondary N) is 2. The van der Waals surface area contributed by atoms with E-state index in [9.17, 15) is 4.79 Å². The predicted octanol–water partition coefficient (Wildman–Crippen LogP) is 1.06. The zero-order valence-corrected chi connectivity index (χ0v) is 12.1. The van der Waals surface area contributed by atoms with Gasteiger partial charge in [-0.25, -0.2) is 0 Å². The average Bonchev–Trinajstić information content (AvgIpc) is 2.37. The number of piperidine rings is 1. The lowest BCUT2D eigenvalue weighted by Crippen LogP contribution is -3.15. The molecule has 4 nitrogen and oxygen atoms in total. The number of amides is 1. The van der Waals surface area contributed by atoms with Crippen LogP contribution in [0, 0.1) is 23.2 Å². The maximum atomic E-state index is 12.1. The molecule has 1 aliphatic heterocycles. The van der Waals surface area contributed by atoms with Crippen LogP contribution < -0.4 is 10.2 Å². The summed E-state index contributed by atoms with van der Waals surface area (Å²) in [6, 6.07) is 9.21. The van der Waals surface area contributed by atoms with Gasteiger partial charge in [-0.1, -0.05) is 26.0 Å². The van der Waals surface area contributed by atoms with Crippen LogP contribution in [-0.4, -0.2) is 25.5 Å². The van der Waals surface area contributed by atoms with E-state index in [1.54, 1.807) is 18.2 Å². The Bertz CT molecular complexity index is 511. The van der Waals surface area contributed by atoms with Crippen LogP contribution >= 0.6 is 0 Å². The lowest BCUT2D eigenvalue weighted by Gasteiger charge is -2.31. The number of carbonyl (C=O) groups is 1. The Morgan fingerprint density at radius 2 is 2.00 bits per heavy atom. The summed E-state index contributed by atoms with van der Waals surface area (Å²) in [5, 5.41) is 11.9. The van der Waals surface area contributed by atoms with Gasteiger partial charge in [-0.2, -0.15) is 5.26 Å². The van der Waals surface area contributed by atoms with Crippen LogP contribution in [0.15, 0.2) is 24.3 Å². The van der Waals surface area contributed by atoms with Gasteiger partial charge < -0.3 is 10.2 Å². The summed E-state index contributed by atoms with van der Waals surface area (Å²) in [7, 11) is 0. The minimum absolute atomic E-state index is 0.0102. The molecule has 0 aliphatic carbocycles. The second kappa shape index (κ2) is 6.53. The van der Waals surface area contributed by atoms with Gasteiger partial charge in [-0.15, -0.1) is 0 Å². The number of para-hydroxylation sites is 1. The molecule has 1 amide bonds. The first kappa shape index (κ1) is 14.5. The van der Waals surface area contributed by atoms with E-state index in [1.165, 1.54) is 11.3 Å². The van der Waals surface area contributed by atoms with Gasteiger partial charge in [0.25, 0.3) is 5.91 Å². The number of rotatable bonds is 3. The first-order chi connectivity index (χ1) is 9.58. The Labute approximate surface area is 120 Å². The normalized spacial score (nSPS) is 25.8. The lowest BCUT2D eigenvalue weighted by atomic mass is 9.92. The summed E-state index contributed by atoms with van der Waals surface area (Å²) in [5.74, 6) is 1.34. The van der Waals surface area contributed by atoms with E-state index in [2.05, 4.69) is 25.2 Å². The SMILES string of the molecule is C[C@H]1C[C@H](C)C[NH+](CC(=O)Nc2ccccc2C#N)C1. The van der Waals surface area contributed by atoms with E-state index < -0.39 is 0 Å². The van der Waals surface area contributed by atoms with Crippen LogP contribution in [-0.2, 0) is 4.79 Å². The minimum Gasteiger partial charge on any atom is -0.327 e. The van der Waals surface area contributed by atoms with E-state index in [0.717, 1.165) is 13.1 Å². The summed E-state index contributed by atoms with van der Waals surface area (Å²) >= 11 is 0. The van der Waals surface area contributed by atoms with Crippen molar-refractivity contribution in [3.63, 3.8) is 0 Å². The molecule has 1 aromatic carbocycles. The highest BCUT2D eigenvalue weighted by Gasteiger charge is 2.26. The summed E-state index contributed by atoms with van der Waals surface area (Å²) in [5.41, 5.74) is 1.12. The van der Waals surface area contributed by atoms with Gasteiger partial charge in [-0.05, 0) is 18.6 Å². The van der Waals surface area contributed by atoms with Crippen molar-refractivity contribution in [1.29, 1.82) is 5.26 Å². The standard InChI is InChI=1S/C16H21N3O/c1-12-7-13(2)10-19(9-12)11-16(20)18-15-6-4-3-5-14(15)8-17/h3-6,12-13H,7,9-11H2,1-2H3,(H,18,20)/p+1/t12-,13-/m0/s1. The van der Waals surface area contributed by atoms with E-state index in [1.807, 2.05) is 6.07 Å². The monoisotopic (exact) mass is 272 g/mol. The Morgan fingerprint density at radius 3 is 2.65 bits per heavy atom. The molecule has 1 saturated heterocycles. The van der Waals surface area contributed by atoms with Crippen molar-refractivity contribution < 1.29 is 9.69 Å². The van der Waals surface area contributed by atoms with Crippen LogP contribution in [0.2, 0.25) is 0 Å². The number of hydrogen-bond acceptors (Lipinski definition) is 2. The van der Waals surface area contributed by atoms with Gasteiger partial charge >= 0.3 is 0 Å². The Balaban J connectivity index is 1.94. The maximum absolute atomic E-state index is 12.1. The second-order valence-corrected chi connectivity index (χ2v) is 5.99. The molecule has 20 heavy (non-hydrogen) atoms. The summed E-state index contributed by atoms with van der Waals surface area (Å²) in [6.07, 6.45) is 1.25.